The van der Waals surface area contributed by atoms with Crippen LogP contribution in [0.2, 0.25) is 0 Å². The number of guanidine groups is 1. The van der Waals surface area contributed by atoms with Crippen molar-refractivity contribution in [1.29, 1.82) is 0 Å². The molecule has 1 atom stereocenters. The van der Waals surface area contributed by atoms with E-state index in [-0.39, 0.29) is 0 Å². The van der Waals surface area contributed by atoms with Gasteiger partial charge in [-0.05, 0) is 62.7 Å². The van der Waals surface area contributed by atoms with Gasteiger partial charge in [0, 0.05) is 44.6 Å². The highest BCUT2D eigenvalue weighted by Crippen LogP contribution is 2.19. The van der Waals surface area contributed by atoms with Gasteiger partial charge in [0.2, 0.25) is 0 Å². The van der Waals surface area contributed by atoms with E-state index in [9.17, 15) is 0 Å². The summed E-state index contributed by atoms with van der Waals surface area (Å²) >= 11 is 1.87. The number of nitrogens with zero attached hydrogens (tertiary/aromatic N) is 3. The second-order valence-corrected chi connectivity index (χ2v) is 8.64. The molecule has 0 spiro atoms. The van der Waals surface area contributed by atoms with E-state index in [0.29, 0.717) is 5.92 Å². The van der Waals surface area contributed by atoms with E-state index in [4.69, 9.17) is 0 Å². The van der Waals surface area contributed by atoms with Crippen LogP contribution in [-0.4, -0.2) is 68.6 Å². The molecule has 1 aromatic heterocycles. The fraction of sp³-hybridized carbons (Fsp3) is 0.750. The topological polar surface area (TPSA) is 42.9 Å². The molecule has 2 fully saturated rings. The van der Waals surface area contributed by atoms with Crippen molar-refractivity contribution in [3.8, 4) is 0 Å². The van der Waals surface area contributed by atoms with E-state index in [0.717, 1.165) is 32.1 Å². The Kier molecular flexibility index (Phi) is 8.24. The van der Waals surface area contributed by atoms with Crippen LogP contribution < -0.4 is 10.6 Å². The molecule has 2 aliphatic heterocycles. The van der Waals surface area contributed by atoms with E-state index in [1.165, 1.54) is 63.2 Å². The van der Waals surface area contributed by atoms with Gasteiger partial charge in [-0.2, -0.15) is 0 Å². The maximum atomic E-state index is 4.40. The molecule has 0 saturated carbocycles. The standard InChI is InChI=1S/C20H35N5S/c1-21-20(22-9-13-24-10-3-2-4-11-24)23-15-18-7-5-12-25(16-18)17-19-8-6-14-26-19/h6,8,14,18H,2-5,7,9-13,15-17H2,1H3,(H2,21,22,23). The Morgan fingerprint density at radius 2 is 2.00 bits per heavy atom. The number of likely N-dealkylation sites (tertiary alicyclic amines) is 2. The fourth-order valence-corrected chi connectivity index (χ4v) is 4.81. The van der Waals surface area contributed by atoms with Crippen molar-refractivity contribution < 1.29 is 0 Å². The SMILES string of the molecule is CN=C(NCCN1CCCCC1)NCC1CCCN(Cc2cccs2)C1. The number of nitrogens with one attached hydrogen (secondary N) is 2. The summed E-state index contributed by atoms with van der Waals surface area (Å²) in [6, 6.07) is 4.41. The van der Waals surface area contributed by atoms with Gasteiger partial charge >= 0.3 is 0 Å². The Morgan fingerprint density at radius 1 is 1.15 bits per heavy atom. The van der Waals surface area contributed by atoms with Crippen molar-refractivity contribution in [2.45, 2.75) is 38.6 Å². The second kappa shape index (κ2) is 10.9. The number of piperidine rings is 2. The third-order valence-corrected chi connectivity index (χ3v) is 6.37. The van der Waals surface area contributed by atoms with Crippen LogP contribution in [0.5, 0.6) is 0 Å². The largest absolute Gasteiger partial charge is 0.356 e. The summed E-state index contributed by atoms with van der Waals surface area (Å²) in [4.78, 5) is 11.0. The van der Waals surface area contributed by atoms with Crippen molar-refractivity contribution >= 4 is 17.3 Å². The number of hydrogen-bond acceptors (Lipinski definition) is 4. The molecule has 0 aliphatic carbocycles. The molecular formula is C20H35N5S. The summed E-state index contributed by atoms with van der Waals surface area (Å²) in [5.41, 5.74) is 0. The van der Waals surface area contributed by atoms with Crippen LogP contribution in [-0.2, 0) is 6.54 Å². The first-order chi connectivity index (χ1) is 12.8. The van der Waals surface area contributed by atoms with Gasteiger partial charge in [0.1, 0.15) is 0 Å². The lowest BCUT2D eigenvalue weighted by atomic mass is 9.98. The fourth-order valence-electron chi connectivity index (χ4n) is 4.06. The third-order valence-electron chi connectivity index (χ3n) is 5.51. The van der Waals surface area contributed by atoms with Crippen molar-refractivity contribution in [1.82, 2.24) is 20.4 Å². The van der Waals surface area contributed by atoms with E-state index >= 15 is 0 Å². The predicted octanol–water partition coefficient (Wildman–Crippen LogP) is 2.61. The molecule has 3 heterocycles. The highest BCUT2D eigenvalue weighted by atomic mass is 32.1. The Bertz CT molecular complexity index is 524. The smallest absolute Gasteiger partial charge is 0.191 e. The van der Waals surface area contributed by atoms with Crippen LogP contribution in [0.15, 0.2) is 22.5 Å². The Balaban J connectivity index is 1.33. The zero-order chi connectivity index (χ0) is 18.0. The van der Waals surface area contributed by atoms with E-state index in [2.05, 4.69) is 42.9 Å². The first-order valence-corrected chi connectivity index (χ1v) is 11.1. The molecule has 5 nitrogen and oxygen atoms in total. The van der Waals surface area contributed by atoms with Crippen LogP contribution in [0.1, 0.15) is 37.0 Å². The summed E-state index contributed by atoms with van der Waals surface area (Å²) in [5, 5.41) is 9.22. The van der Waals surface area contributed by atoms with Crippen molar-refractivity contribution in [3.63, 3.8) is 0 Å². The third kappa shape index (κ3) is 6.56. The minimum Gasteiger partial charge on any atom is -0.356 e. The van der Waals surface area contributed by atoms with Crippen LogP contribution >= 0.6 is 11.3 Å². The minimum atomic E-state index is 0.712. The number of thiophene rings is 1. The number of rotatable bonds is 7. The van der Waals surface area contributed by atoms with Crippen molar-refractivity contribution in [2.24, 2.45) is 10.9 Å². The molecule has 2 N–H and O–H groups in total. The van der Waals surface area contributed by atoms with Gasteiger partial charge in [-0.1, -0.05) is 12.5 Å². The molecular weight excluding hydrogens is 342 g/mol. The van der Waals surface area contributed by atoms with Gasteiger partial charge in [0.05, 0.1) is 0 Å². The molecule has 2 aliphatic rings. The first kappa shape index (κ1) is 19.6. The molecule has 1 unspecified atom stereocenters. The Labute approximate surface area is 162 Å². The molecule has 0 radical (unpaired) electrons. The summed E-state index contributed by atoms with van der Waals surface area (Å²) in [7, 11) is 1.88. The van der Waals surface area contributed by atoms with Crippen LogP contribution in [0, 0.1) is 5.92 Å². The minimum absolute atomic E-state index is 0.712. The molecule has 0 aromatic carbocycles. The quantitative estimate of drug-likeness (QED) is 0.566. The van der Waals surface area contributed by atoms with E-state index < -0.39 is 0 Å². The molecule has 2 saturated heterocycles. The van der Waals surface area contributed by atoms with Crippen LogP contribution in [0.3, 0.4) is 0 Å². The van der Waals surface area contributed by atoms with E-state index in [1.807, 2.05) is 18.4 Å². The lowest BCUT2D eigenvalue weighted by Crippen LogP contribution is -2.46. The van der Waals surface area contributed by atoms with Crippen molar-refractivity contribution in [3.05, 3.63) is 22.4 Å². The van der Waals surface area contributed by atoms with Gasteiger partial charge in [-0.25, -0.2) is 0 Å². The van der Waals surface area contributed by atoms with Gasteiger partial charge in [-0.15, -0.1) is 11.3 Å². The maximum Gasteiger partial charge on any atom is 0.191 e. The average Bonchev–Trinajstić information content (AvgIpc) is 3.18. The summed E-state index contributed by atoms with van der Waals surface area (Å²) in [5.74, 6) is 1.67. The molecule has 26 heavy (non-hydrogen) atoms. The Hall–Kier alpha value is -1.11. The summed E-state index contributed by atoms with van der Waals surface area (Å²) in [6.45, 7) is 9.17. The second-order valence-electron chi connectivity index (χ2n) is 7.60. The van der Waals surface area contributed by atoms with Gasteiger partial charge < -0.3 is 15.5 Å². The highest BCUT2D eigenvalue weighted by molar-refractivity contribution is 7.09. The van der Waals surface area contributed by atoms with Gasteiger partial charge in [-0.3, -0.25) is 9.89 Å². The van der Waals surface area contributed by atoms with Crippen LogP contribution in [0.25, 0.3) is 0 Å². The summed E-state index contributed by atoms with van der Waals surface area (Å²) in [6.07, 6.45) is 6.74. The van der Waals surface area contributed by atoms with Crippen molar-refractivity contribution in [2.75, 3.05) is 52.9 Å². The van der Waals surface area contributed by atoms with Gasteiger partial charge in [0.15, 0.2) is 5.96 Å². The molecule has 0 bridgehead atoms. The number of aliphatic imine (C=N–C) groups is 1. The lowest BCUT2D eigenvalue weighted by Gasteiger charge is -2.33. The van der Waals surface area contributed by atoms with Gasteiger partial charge in [0.25, 0.3) is 0 Å². The zero-order valence-corrected chi connectivity index (χ0v) is 17.1. The predicted molar refractivity (Wildman–Crippen MR) is 112 cm³/mol. The monoisotopic (exact) mass is 377 g/mol. The first-order valence-electron chi connectivity index (χ1n) is 10.2. The number of hydrogen-bond donors (Lipinski definition) is 2. The molecule has 1 aromatic rings. The summed E-state index contributed by atoms with van der Waals surface area (Å²) < 4.78 is 0. The lowest BCUT2D eigenvalue weighted by molar-refractivity contribution is 0.169. The molecule has 6 heteroatoms. The average molecular weight is 378 g/mol. The van der Waals surface area contributed by atoms with E-state index in [1.54, 1.807) is 0 Å². The van der Waals surface area contributed by atoms with Crippen LogP contribution in [0.4, 0.5) is 0 Å². The molecule has 3 rings (SSSR count). The normalized spacial score (nSPS) is 23.1. The zero-order valence-electron chi connectivity index (χ0n) is 16.3. The highest BCUT2D eigenvalue weighted by Gasteiger charge is 2.20. The molecule has 146 valence electrons. The Morgan fingerprint density at radius 3 is 2.77 bits per heavy atom. The maximum absolute atomic E-state index is 4.40. The molecule has 0 amide bonds.